The number of carbonyl (C=O) groups is 1. The molecule has 0 spiro atoms. The van der Waals surface area contributed by atoms with Gasteiger partial charge in [0.25, 0.3) is 0 Å². The summed E-state index contributed by atoms with van der Waals surface area (Å²) in [6.45, 7) is 0. The molecular weight excluding hydrogens is 314 g/mol. The van der Waals surface area contributed by atoms with Gasteiger partial charge in [-0.3, -0.25) is 10.1 Å². The largest absolute Gasteiger partial charge is 0.496 e. The maximum atomic E-state index is 12.6. The fourth-order valence-corrected chi connectivity index (χ4v) is 3.06. The highest BCUT2D eigenvalue weighted by molar-refractivity contribution is 5.91. The lowest BCUT2D eigenvalue weighted by molar-refractivity contribution is -0.120. The molecule has 0 fully saturated rings. The van der Waals surface area contributed by atoms with E-state index >= 15 is 0 Å². The Kier molecular flexibility index (Phi) is 5.77. The normalized spacial score (nSPS) is 18.7. The van der Waals surface area contributed by atoms with Crippen LogP contribution in [-0.2, 0) is 4.79 Å². The van der Waals surface area contributed by atoms with Crippen LogP contribution in [0.3, 0.4) is 0 Å². The molecule has 25 heavy (non-hydrogen) atoms. The standard InChI is InChI=1S/C20H23N3O2/c1-25-18-12-8-7-11-16(18)17-13-14-21-20(22-17)23-19(24)15-9-5-3-2-4-6-10-15/h2-3,7-8,11-15H,4-6,9-10H2,1H3,(H,21,22,23,24)/b3-2-. The predicted molar refractivity (Wildman–Crippen MR) is 98.4 cm³/mol. The summed E-state index contributed by atoms with van der Waals surface area (Å²) in [4.78, 5) is 21.3. The van der Waals surface area contributed by atoms with Crippen molar-refractivity contribution in [2.75, 3.05) is 12.4 Å². The average molecular weight is 337 g/mol. The molecule has 2 aromatic rings. The van der Waals surface area contributed by atoms with Crippen molar-refractivity contribution >= 4 is 11.9 Å². The molecule has 1 aromatic heterocycles. The summed E-state index contributed by atoms with van der Waals surface area (Å²) < 4.78 is 5.39. The van der Waals surface area contributed by atoms with E-state index in [1.54, 1.807) is 13.3 Å². The highest BCUT2D eigenvalue weighted by Gasteiger charge is 2.19. The van der Waals surface area contributed by atoms with Gasteiger partial charge >= 0.3 is 0 Å². The van der Waals surface area contributed by atoms with Gasteiger partial charge in [0.05, 0.1) is 12.8 Å². The van der Waals surface area contributed by atoms with E-state index in [9.17, 15) is 4.79 Å². The third-order valence-electron chi connectivity index (χ3n) is 4.42. The molecule has 1 aliphatic rings. The summed E-state index contributed by atoms with van der Waals surface area (Å²) in [6.07, 6.45) is 10.8. The molecule has 1 unspecified atom stereocenters. The first-order valence-electron chi connectivity index (χ1n) is 8.70. The maximum Gasteiger partial charge on any atom is 0.229 e. The van der Waals surface area contributed by atoms with Gasteiger partial charge in [0.15, 0.2) is 0 Å². The van der Waals surface area contributed by atoms with Crippen LogP contribution in [0, 0.1) is 5.92 Å². The van der Waals surface area contributed by atoms with Crippen LogP contribution in [0.4, 0.5) is 5.95 Å². The molecule has 3 rings (SSSR count). The second kappa shape index (κ2) is 8.42. The van der Waals surface area contributed by atoms with Gasteiger partial charge in [-0.25, -0.2) is 9.97 Å². The lowest BCUT2D eigenvalue weighted by Crippen LogP contribution is -2.24. The molecule has 0 saturated carbocycles. The van der Waals surface area contributed by atoms with Crippen molar-refractivity contribution in [2.45, 2.75) is 32.1 Å². The second-order valence-corrected chi connectivity index (χ2v) is 6.13. The molecule has 1 amide bonds. The van der Waals surface area contributed by atoms with Gasteiger partial charge in [-0.15, -0.1) is 0 Å². The minimum absolute atomic E-state index is 0.00692. The average Bonchev–Trinajstić information content (AvgIpc) is 2.61. The van der Waals surface area contributed by atoms with Gasteiger partial charge in [0.2, 0.25) is 11.9 Å². The zero-order chi connectivity index (χ0) is 17.5. The number of nitrogens with zero attached hydrogens (tertiary/aromatic N) is 2. The first-order valence-corrected chi connectivity index (χ1v) is 8.70. The molecule has 130 valence electrons. The number of methoxy groups -OCH3 is 1. The molecule has 1 aliphatic carbocycles. The molecule has 0 aliphatic heterocycles. The molecule has 5 heteroatoms. The molecule has 1 atom stereocenters. The van der Waals surface area contributed by atoms with E-state index in [2.05, 4.69) is 27.4 Å². The molecule has 0 bridgehead atoms. The van der Waals surface area contributed by atoms with Crippen molar-refractivity contribution in [3.05, 3.63) is 48.7 Å². The number of hydrogen-bond acceptors (Lipinski definition) is 4. The first kappa shape index (κ1) is 17.1. The number of nitrogens with one attached hydrogen (secondary N) is 1. The van der Waals surface area contributed by atoms with E-state index in [1.807, 2.05) is 30.3 Å². The molecule has 1 heterocycles. The van der Waals surface area contributed by atoms with E-state index in [4.69, 9.17) is 4.74 Å². The Morgan fingerprint density at radius 2 is 2.00 bits per heavy atom. The number of aromatic nitrogens is 2. The van der Waals surface area contributed by atoms with E-state index in [0.717, 1.165) is 49.1 Å². The van der Waals surface area contributed by atoms with Gasteiger partial charge < -0.3 is 4.74 Å². The van der Waals surface area contributed by atoms with Gasteiger partial charge in [0, 0.05) is 17.7 Å². The van der Waals surface area contributed by atoms with Crippen molar-refractivity contribution in [2.24, 2.45) is 5.92 Å². The van der Waals surface area contributed by atoms with Crippen LogP contribution in [0.15, 0.2) is 48.7 Å². The van der Waals surface area contributed by atoms with E-state index in [1.165, 1.54) is 0 Å². The highest BCUT2D eigenvalue weighted by Crippen LogP contribution is 2.28. The molecule has 1 aromatic carbocycles. The Labute approximate surface area is 148 Å². The summed E-state index contributed by atoms with van der Waals surface area (Å²) in [5.41, 5.74) is 1.60. The number of para-hydroxylation sites is 1. The Morgan fingerprint density at radius 3 is 2.88 bits per heavy atom. The molecule has 1 N–H and O–H groups in total. The second-order valence-electron chi connectivity index (χ2n) is 6.13. The number of anilines is 1. The number of amides is 1. The molecule has 5 nitrogen and oxygen atoms in total. The number of rotatable bonds is 4. The lowest BCUT2D eigenvalue weighted by atomic mass is 9.93. The van der Waals surface area contributed by atoms with E-state index < -0.39 is 0 Å². The quantitative estimate of drug-likeness (QED) is 0.848. The third-order valence-corrected chi connectivity index (χ3v) is 4.42. The van der Waals surface area contributed by atoms with Gasteiger partial charge in [0.1, 0.15) is 5.75 Å². The molecule has 0 radical (unpaired) electrons. The van der Waals surface area contributed by atoms with Crippen molar-refractivity contribution in [1.29, 1.82) is 0 Å². The minimum atomic E-state index is 0.00692. The molecular formula is C20H23N3O2. The van der Waals surface area contributed by atoms with Gasteiger partial charge in [-0.05, 0) is 50.3 Å². The number of ether oxygens (including phenoxy) is 1. The Morgan fingerprint density at radius 1 is 1.16 bits per heavy atom. The van der Waals surface area contributed by atoms with Crippen LogP contribution in [-0.4, -0.2) is 23.0 Å². The number of carbonyl (C=O) groups excluding carboxylic acids is 1. The van der Waals surface area contributed by atoms with Gasteiger partial charge in [-0.1, -0.05) is 24.3 Å². The molecule has 0 saturated heterocycles. The Bertz CT molecular complexity index is 758. The SMILES string of the molecule is COc1ccccc1-c1ccnc(NC(=O)C2CC/C=C\CCC2)n1. The zero-order valence-corrected chi connectivity index (χ0v) is 14.4. The smallest absolute Gasteiger partial charge is 0.229 e. The maximum absolute atomic E-state index is 12.6. The first-order chi connectivity index (χ1) is 12.3. The van der Waals surface area contributed by atoms with Crippen LogP contribution in [0.25, 0.3) is 11.3 Å². The highest BCUT2D eigenvalue weighted by atomic mass is 16.5. The fraction of sp³-hybridized carbons (Fsp3) is 0.350. The van der Waals surface area contributed by atoms with Crippen LogP contribution in [0.2, 0.25) is 0 Å². The van der Waals surface area contributed by atoms with Crippen molar-refractivity contribution < 1.29 is 9.53 Å². The summed E-state index contributed by atoms with van der Waals surface area (Å²) in [5.74, 6) is 1.10. The summed E-state index contributed by atoms with van der Waals surface area (Å²) >= 11 is 0. The predicted octanol–water partition coefficient (Wildman–Crippen LogP) is 4.23. The van der Waals surface area contributed by atoms with Crippen molar-refractivity contribution in [3.8, 4) is 17.0 Å². The fourth-order valence-electron chi connectivity index (χ4n) is 3.06. The van der Waals surface area contributed by atoms with Crippen molar-refractivity contribution in [3.63, 3.8) is 0 Å². The van der Waals surface area contributed by atoms with Crippen LogP contribution in [0.5, 0.6) is 5.75 Å². The third kappa shape index (κ3) is 4.44. The van der Waals surface area contributed by atoms with Crippen LogP contribution in [0.1, 0.15) is 32.1 Å². The van der Waals surface area contributed by atoms with Crippen LogP contribution < -0.4 is 10.1 Å². The zero-order valence-electron chi connectivity index (χ0n) is 14.4. The number of allylic oxidation sites excluding steroid dienone is 2. The minimum Gasteiger partial charge on any atom is -0.496 e. The summed E-state index contributed by atoms with van der Waals surface area (Å²) in [6, 6.07) is 9.48. The van der Waals surface area contributed by atoms with Crippen molar-refractivity contribution in [1.82, 2.24) is 9.97 Å². The van der Waals surface area contributed by atoms with Gasteiger partial charge in [-0.2, -0.15) is 0 Å². The Hall–Kier alpha value is -2.69. The lowest BCUT2D eigenvalue weighted by Gasteiger charge is -2.16. The summed E-state index contributed by atoms with van der Waals surface area (Å²) in [7, 11) is 1.63. The van der Waals surface area contributed by atoms with E-state index in [0.29, 0.717) is 5.95 Å². The monoisotopic (exact) mass is 337 g/mol. The summed E-state index contributed by atoms with van der Waals surface area (Å²) in [5, 5.41) is 2.88. The van der Waals surface area contributed by atoms with Crippen LogP contribution >= 0.6 is 0 Å². The van der Waals surface area contributed by atoms with E-state index in [-0.39, 0.29) is 11.8 Å². The topological polar surface area (TPSA) is 64.1 Å². The Balaban J connectivity index is 1.75. The number of hydrogen-bond donors (Lipinski definition) is 1. The number of benzene rings is 1.